The van der Waals surface area contributed by atoms with Crippen molar-refractivity contribution in [1.82, 2.24) is 16.1 Å². The van der Waals surface area contributed by atoms with Gasteiger partial charge in [0.25, 0.3) is 5.91 Å². The summed E-state index contributed by atoms with van der Waals surface area (Å²) in [7, 11) is 2.95. The Morgan fingerprint density at radius 1 is 1.02 bits per heavy atom. The maximum Gasteiger partial charge on any atom is 0.338 e. The van der Waals surface area contributed by atoms with E-state index in [1.165, 1.54) is 20.4 Å². The van der Waals surface area contributed by atoms with Gasteiger partial charge in [0.05, 0.1) is 38.7 Å². The molecule has 14 heteroatoms. The largest absolute Gasteiger partial charge is 0.493 e. The molecule has 0 aliphatic carbocycles. The molecular weight excluding hydrogens is 684 g/mol. The number of methoxy groups -OCH3 is 2. The molecule has 3 aromatic rings. The summed E-state index contributed by atoms with van der Waals surface area (Å²) in [6, 6.07) is 14.4. The summed E-state index contributed by atoms with van der Waals surface area (Å²) in [6.07, 6.45) is 1.45. The lowest BCUT2D eigenvalue weighted by molar-refractivity contribution is -0.139. The molecule has 1 aliphatic heterocycles. The Bertz CT molecular complexity index is 1680. The lowest BCUT2D eigenvalue weighted by Gasteiger charge is -2.28. The van der Waals surface area contributed by atoms with Crippen LogP contribution in [0, 0.1) is 0 Å². The minimum atomic E-state index is -0.783. The number of halogens is 2. The van der Waals surface area contributed by atoms with Gasteiger partial charge in [-0.15, -0.1) is 0 Å². The van der Waals surface area contributed by atoms with Gasteiger partial charge in [0.1, 0.15) is 6.61 Å². The fraction of sp³-hybridized carbons (Fsp3) is 0.250. The number of hydrogen-bond donors (Lipinski definition) is 3. The quantitative estimate of drug-likeness (QED) is 0.121. The first-order valence-electron chi connectivity index (χ1n) is 14.0. The minimum Gasteiger partial charge on any atom is -0.493 e. The highest BCUT2D eigenvalue weighted by Crippen LogP contribution is 2.35. The highest BCUT2D eigenvalue weighted by molar-refractivity contribution is 9.10. The number of hydrogen-bond acceptors (Lipinski definition) is 9. The average Bonchev–Trinajstić information content (AvgIpc) is 3.03. The third kappa shape index (κ3) is 8.49. The fourth-order valence-corrected chi connectivity index (χ4v) is 5.06. The van der Waals surface area contributed by atoms with E-state index < -0.39 is 23.9 Å². The van der Waals surface area contributed by atoms with Crippen LogP contribution in [-0.2, 0) is 20.9 Å². The molecule has 12 nitrogen and oxygen atoms in total. The summed E-state index contributed by atoms with van der Waals surface area (Å²) < 4.78 is 28.4. The average molecular weight is 716 g/mol. The number of carbonyl (C=O) groups is 3. The summed E-state index contributed by atoms with van der Waals surface area (Å²) in [4.78, 5) is 37.3. The first kappa shape index (κ1) is 34.1. The van der Waals surface area contributed by atoms with Crippen molar-refractivity contribution >= 4 is 51.7 Å². The number of allylic oxidation sites excluding steroid dienone is 1. The second-order valence-corrected chi connectivity index (χ2v) is 10.9. The van der Waals surface area contributed by atoms with E-state index in [1.807, 2.05) is 18.2 Å². The van der Waals surface area contributed by atoms with Crippen molar-refractivity contribution in [3.05, 3.63) is 92.1 Å². The summed E-state index contributed by atoms with van der Waals surface area (Å²) in [5.41, 5.74) is 5.07. The fourth-order valence-electron chi connectivity index (χ4n) is 4.45. The van der Waals surface area contributed by atoms with Crippen LogP contribution in [-0.4, -0.2) is 51.6 Å². The van der Waals surface area contributed by atoms with E-state index in [0.29, 0.717) is 37.8 Å². The van der Waals surface area contributed by atoms with Crippen LogP contribution in [0.4, 0.5) is 4.79 Å². The topological polar surface area (TPSA) is 146 Å². The van der Waals surface area contributed by atoms with Crippen LogP contribution in [0.2, 0.25) is 5.02 Å². The summed E-state index contributed by atoms with van der Waals surface area (Å²) in [5.74, 6) is 0.427. The molecule has 0 fully saturated rings. The van der Waals surface area contributed by atoms with Crippen LogP contribution >= 0.6 is 27.5 Å². The molecule has 3 N–H and O–H groups in total. The molecule has 1 aliphatic rings. The van der Waals surface area contributed by atoms with Crippen molar-refractivity contribution in [1.29, 1.82) is 0 Å². The summed E-state index contributed by atoms with van der Waals surface area (Å²) >= 11 is 9.72. The van der Waals surface area contributed by atoms with Crippen LogP contribution in [0.3, 0.4) is 0 Å². The number of nitrogens with zero attached hydrogens (tertiary/aromatic N) is 1. The Morgan fingerprint density at radius 2 is 1.76 bits per heavy atom. The highest BCUT2D eigenvalue weighted by Gasteiger charge is 2.32. The van der Waals surface area contributed by atoms with Gasteiger partial charge >= 0.3 is 12.0 Å². The van der Waals surface area contributed by atoms with Gasteiger partial charge in [0.15, 0.2) is 29.6 Å². The van der Waals surface area contributed by atoms with Gasteiger partial charge in [-0.25, -0.2) is 15.0 Å². The highest BCUT2D eigenvalue weighted by atomic mass is 79.9. The maximum absolute atomic E-state index is 12.6. The predicted molar refractivity (Wildman–Crippen MR) is 174 cm³/mol. The Morgan fingerprint density at radius 3 is 2.48 bits per heavy atom. The predicted octanol–water partition coefficient (Wildman–Crippen LogP) is 5.42. The molecule has 0 spiro atoms. The Kier molecular flexibility index (Phi) is 11.9. The number of nitrogens with one attached hydrogen (secondary N) is 3. The molecule has 0 bridgehead atoms. The molecular formula is C32H32BrClN4O8. The molecule has 0 saturated carbocycles. The Hall–Kier alpha value is -4.75. The molecule has 0 radical (unpaired) electrons. The molecule has 3 amide bonds. The number of benzene rings is 3. The van der Waals surface area contributed by atoms with E-state index in [4.69, 9.17) is 35.3 Å². The van der Waals surface area contributed by atoms with Crippen LogP contribution in [0.1, 0.15) is 36.6 Å². The number of hydrazone groups is 1. The second-order valence-electron chi connectivity index (χ2n) is 9.69. The van der Waals surface area contributed by atoms with Gasteiger partial charge in [0, 0.05) is 26.3 Å². The van der Waals surface area contributed by atoms with Gasteiger partial charge in [-0.3, -0.25) is 4.79 Å². The van der Waals surface area contributed by atoms with Gasteiger partial charge in [-0.1, -0.05) is 35.9 Å². The van der Waals surface area contributed by atoms with Crippen LogP contribution in [0.5, 0.6) is 23.0 Å². The van der Waals surface area contributed by atoms with Crippen molar-refractivity contribution < 1.29 is 38.1 Å². The van der Waals surface area contributed by atoms with Crippen molar-refractivity contribution in [2.24, 2.45) is 5.10 Å². The smallest absolute Gasteiger partial charge is 0.338 e. The van der Waals surface area contributed by atoms with Crippen molar-refractivity contribution in [2.45, 2.75) is 26.5 Å². The van der Waals surface area contributed by atoms with Gasteiger partial charge in [-0.2, -0.15) is 5.10 Å². The number of urea groups is 1. The molecule has 4 rings (SSSR count). The first-order chi connectivity index (χ1) is 22.1. The zero-order valence-electron chi connectivity index (χ0n) is 25.4. The van der Waals surface area contributed by atoms with E-state index in [0.717, 1.165) is 5.56 Å². The number of rotatable bonds is 13. The summed E-state index contributed by atoms with van der Waals surface area (Å²) in [6.45, 7) is 3.37. The number of esters is 1. The van der Waals surface area contributed by atoms with Gasteiger partial charge in [-0.05, 0) is 65.7 Å². The molecule has 1 heterocycles. The van der Waals surface area contributed by atoms with Crippen LogP contribution < -0.4 is 35.0 Å². The lowest BCUT2D eigenvalue weighted by Crippen LogP contribution is -2.45. The van der Waals surface area contributed by atoms with Crippen molar-refractivity contribution in [2.75, 3.05) is 27.4 Å². The molecule has 0 aromatic heterocycles. The monoisotopic (exact) mass is 714 g/mol. The normalized spacial score (nSPS) is 14.3. The van der Waals surface area contributed by atoms with E-state index in [2.05, 4.69) is 37.1 Å². The number of carbonyl (C=O) groups excluding carboxylic acids is 3. The van der Waals surface area contributed by atoms with E-state index >= 15 is 0 Å². The zero-order chi connectivity index (χ0) is 33.2. The molecule has 46 heavy (non-hydrogen) atoms. The Labute approximate surface area is 279 Å². The molecule has 3 aromatic carbocycles. The van der Waals surface area contributed by atoms with Gasteiger partial charge < -0.3 is 34.3 Å². The van der Waals surface area contributed by atoms with Crippen molar-refractivity contribution in [3.8, 4) is 23.0 Å². The molecule has 0 unspecified atom stereocenters. The zero-order valence-corrected chi connectivity index (χ0v) is 27.8. The maximum atomic E-state index is 12.6. The van der Waals surface area contributed by atoms with Crippen LogP contribution in [0.15, 0.2) is 75.4 Å². The molecule has 242 valence electrons. The molecule has 0 saturated heterocycles. The number of amides is 3. The van der Waals surface area contributed by atoms with E-state index in [9.17, 15) is 14.4 Å². The van der Waals surface area contributed by atoms with E-state index in [-0.39, 0.29) is 36.9 Å². The third-order valence-electron chi connectivity index (χ3n) is 6.66. The first-order valence-corrected chi connectivity index (χ1v) is 15.1. The lowest BCUT2D eigenvalue weighted by atomic mass is 9.95. The van der Waals surface area contributed by atoms with E-state index in [1.54, 1.807) is 50.2 Å². The number of ether oxygens (including phenoxy) is 5. The standard InChI is InChI=1S/C32H32BrClN4O8/c1-5-44-31(40)29-18(2)36-32(41)37-30(29)19-10-11-24(25(12-19)42-3)46-17-28(39)38-35-15-21-13-26(43-4)27(14-22(21)33)45-16-20-8-6-7-9-23(20)34/h6-15,30H,5,16-17H2,1-4H3,(H,38,39)(H2,36,37,41)/b35-15-/t30-/m1/s1. The second kappa shape index (κ2) is 16.0. The SMILES string of the molecule is CCOC(=O)C1=C(C)NC(=O)N[C@@H]1c1ccc(OCC(=O)N/N=C\c2cc(OC)c(OCc3ccccc3Cl)cc2Br)c(OC)c1. The molecule has 1 atom stereocenters. The van der Waals surface area contributed by atoms with Gasteiger partial charge in [0.2, 0.25) is 0 Å². The Balaban J connectivity index is 1.38. The van der Waals surface area contributed by atoms with Crippen molar-refractivity contribution in [3.63, 3.8) is 0 Å². The van der Waals surface area contributed by atoms with Crippen LogP contribution in [0.25, 0.3) is 0 Å². The summed E-state index contributed by atoms with van der Waals surface area (Å²) in [5, 5.41) is 9.94. The third-order valence-corrected chi connectivity index (χ3v) is 7.72. The minimum absolute atomic E-state index is 0.177.